The van der Waals surface area contributed by atoms with Crippen molar-refractivity contribution in [3.8, 4) is 11.4 Å². The van der Waals surface area contributed by atoms with Gasteiger partial charge < -0.3 is 10.6 Å². The van der Waals surface area contributed by atoms with E-state index in [1.807, 2.05) is 32.9 Å². The number of carbonyl (C=O) groups excluding carboxylic acids is 2. The summed E-state index contributed by atoms with van der Waals surface area (Å²) in [6.07, 6.45) is 0. The molecule has 3 aromatic rings. The van der Waals surface area contributed by atoms with Gasteiger partial charge in [0.2, 0.25) is 17.6 Å². The van der Waals surface area contributed by atoms with E-state index in [0.717, 1.165) is 27.2 Å². The molecule has 2 aromatic carbocycles. The van der Waals surface area contributed by atoms with Crippen LogP contribution in [0.3, 0.4) is 0 Å². The minimum absolute atomic E-state index is 0.149. The summed E-state index contributed by atoms with van der Waals surface area (Å²) in [5, 5.41) is 17.9. The van der Waals surface area contributed by atoms with Crippen molar-refractivity contribution in [2.75, 3.05) is 11.9 Å². The van der Waals surface area contributed by atoms with E-state index in [1.165, 1.54) is 0 Å². The fourth-order valence-electron chi connectivity index (χ4n) is 2.98. The highest BCUT2D eigenvalue weighted by molar-refractivity contribution is 6.30. The van der Waals surface area contributed by atoms with Crippen LogP contribution in [0.5, 0.6) is 0 Å². The van der Waals surface area contributed by atoms with Crippen molar-refractivity contribution in [2.24, 2.45) is 0 Å². The largest absolute Gasteiger partial charge is 0.345 e. The number of tetrazole rings is 1. The van der Waals surface area contributed by atoms with E-state index in [4.69, 9.17) is 11.6 Å². The number of hydrogen-bond donors (Lipinski definition) is 2. The maximum absolute atomic E-state index is 12.2. The summed E-state index contributed by atoms with van der Waals surface area (Å²) in [6, 6.07) is 11.0. The minimum Gasteiger partial charge on any atom is -0.345 e. The van der Waals surface area contributed by atoms with Crippen LogP contribution < -0.4 is 10.6 Å². The Labute approximate surface area is 173 Å². The van der Waals surface area contributed by atoms with E-state index >= 15 is 0 Å². The molecule has 0 radical (unpaired) electrons. The van der Waals surface area contributed by atoms with Gasteiger partial charge in [0, 0.05) is 16.3 Å². The number of hydrogen-bond acceptors (Lipinski definition) is 5. The average Bonchev–Trinajstić information content (AvgIpc) is 3.11. The fraction of sp³-hybridized carbons (Fsp3) is 0.250. The van der Waals surface area contributed by atoms with Gasteiger partial charge in [0.05, 0.1) is 6.54 Å². The quantitative estimate of drug-likeness (QED) is 0.648. The van der Waals surface area contributed by atoms with Crippen LogP contribution in [-0.4, -0.2) is 38.6 Å². The van der Waals surface area contributed by atoms with Crippen molar-refractivity contribution in [1.29, 1.82) is 0 Å². The number of anilines is 1. The number of aryl methyl sites for hydroxylation is 3. The van der Waals surface area contributed by atoms with E-state index in [2.05, 4.69) is 26.0 Å². The van der Waals surface area contributed by atoms with Gasteiger partial charge in [0.1, 0.15) is 6.54 Å². The van der Waals surface area contributed by atoms with Gasteiger partial charge in [-0.1, -0.05) is 41.4 Å². The highest BCUT2D eigenvalue weighted by atomic mass is 35.5. The molecule has 0 aliphatic rings. The van der Waals surface area contributed by atoms with Gasteiger partial charge in [0.15, 0.2) is 0 Å². The van der Waals surface area contributed by atoms with Gasteiger partial charge in [-0.3, -0.25) is 9.59 Å². The third-order valence-corrected chi connectivity index (χ3v) is 4.44. The molecule has 0 aliphatic heterocycles. The lowest BCUT2D eigenvalue weighted by molar-refractivity contribution is -0.124. The third-order valence-electron chi connectivity index (χ3n) is 4.21. The third kappa shape index (κ3) is 5.39. The summed E-state index contributed by atoms with van der Waals surface area (Å²) in [6.45, 7) is 5.57. The van der Waals surface area contributed by atoms with Crippen LogP contribution in [0.25, 0.3) is 11.4 Å². The van der Waals surface area contributed by atoms with Crippen LogP contribution in [0, 0.1) is 20.8 Å². The van der Waals surface area contributed by atoms with Crippen LogP contribution in [-0.2, 0) is 16.1 Å². The van der Waals surface area contributed by atoms with Crippen LogP contribution in [0.15, 0.2) is 36.4 Å². The number of halogens is 1. The zero-order chi connectivity index (χ0) is 21.0. The zero-order valence-corrected chi connectivity index (χ0v) is 17.1. The molecule has 2 N–H and O–H groups in total. The highest BCUT2D eigenvalue weighted by Crippen LogP contribution is 2.21. The Balaban J connectivity index is 1.53. The maximum Gasteiger partial charge on any atom is 0.244 e. The Hall–Kier alpha value is -3.26. The van der Waals surface area contributed by atoms with Gasteiger partial charge in [-0.15, -0.1) is 10.2 Å². The molecule has 3 rings (SSSR count). The Morgan fingerprint density at radius 3 is 2.48 bits per heavy atom. The van der Waals surface area contributed by atoms with E-state index in [-0.39, 0.29) is 19.0 Å². The maximum atomic E-state index is 12.2. The molecule has 8 nitrogen and oxygen atoms in total. The van der Waals surface area contributed by atoms with E-state index in [1.54, 1.807) is 24.3 Å². The predicted octanol–water partition coefficient (Wildman–Crippen LogP) is 2.67. The lowest BCUT2D eigenvalue weighted by atomic mass is 10.1. The standard InChI is InChI=1S/C20H21ClN6O2/c1-12-7-13(2)19(14(3)8-12)23-17(28)10-22-18(29)11-27-25-20(24-26-27)15-5-4-6-16(21)9-15/h4-9H,10-11H2,1-3H3,(H,22,29)(H,23,28). The van der Waals surface area contributed by atoms with Crippen molar-refractivity contribution in [3.05, 3.63) is 58.1 Å². The van der Waals surface area contributed by atoms with Crippen molar-refractivity contribution in [2.45, 2.75) is 27.3 Å². The van der Waals surface area contributed by atoms with E-state index in [9.17, 15) is 9.59 Å². The molecule has 0 saturated heterocycles. The summed E-state index contributed by atoms with van der Waals surface area (Å²) in [5.41, 5.74) is 4.54. The topological polar surface area (TPSA) is 102 Å². The van der Waals surface area contributed by atoms with Gasteiger partial charge in [0.25, 0.3) is 0 Å². The Kier molecular flexibility index (Phi) is 6.23. The molecule has 0 fully saturated rings. The molecule has 2 amide bonds. The van der Waals surface area contributed by atoms with Crippen molar-refractivity contribution in [1.82, 2.24) is 25.5 Å². The molecule has 1 aromatic heterocycles. The second kappa shape index (κ2) is 8.83. The number of nitrogens with one attached hydrogen (secondary N) is 2. The lowest BCUT2D eigenvalue weighted by Gasteiger charge is -2.13. The number of nitrogens with zero attached hydrogens (tertiary/aromatic N) is 4. The van der Waals surface area contributed by atoms with Gasteiger partial charge in [-0.05, 0) is 49.2 Å². The molecule has 0 bridgehead atoms. The van der Waals surface area contributed by atoms with Gasteiger partial charge >= 0.3 is 0 Å². The fourth-order valence-corrected chi connectivity index (χ4v) is 3.17. The normalized spacial score (nSPS) is 10.6. The molecule has 0 spiro atoms. The molecular formula is C20H21ClN6O2. The number of rotatable bonds is 6. The Morgan fingerprint density at radius 2 is 1.79 bits per heavy atom. The predicted molar refractivity (Wildman–Crippen MR) is 111 cm³/mol. The van der Waals surface area contributed by atoms with Crippen LogP contribution in [0.2, 0.25) is 5.02 Å². The second-order valence-corrected chi connectivity index (χ2v) is 7.19. The summed E-state index contributed by atoms with van der Waals surface area (Å²) in [5.74, 6) is -0.338. The van der Waals surface area contributed by atoms with Gasteiger partial charge in [-0.25, -0.2) is 0 Å². The molecule has 1 heterocycles. The Bertz CT molecular complexity index is 1040. The first-order chi connectivity index (χ1) is 13.8. The number of amides is 2. The molecular weight excluding hydrogens is 392 g/mol. The molecule has 29 heavy (non-hydrogen) atoms. The van der Waals surface area contributed by atoms with E-state index in [0.29, 0.717) is 16.4 Å². The number of carbonyl (C=O) groups is 2. The SMILES string of the molecule is Cc1cc(C)c(NC(=O)CNC(=O)Cn2nnc(-c3cccc(Cl)c3)n2)c(C)c1. The first-order valence-electron chi connectivity index (χ1n) is 9.00. The molecule has 0 unspecified atom stereocenters. The van der Waals surface area contributed by atoms with Crippen molar-refractivity contribution >= 4 is 29.1 Å². The van der Waals surface area contributed by atoms with Crippen molar-refractivity contribution < 1.29 is 9.59 Å². The molecule has 0 aliphatic carbocycles. The molecule has 0 saturated carbocycles. The molecule has 0 atom stereocenters. The van der Waals surface area contributed by atoms with E-state index < -0.39 is 5.91 Å². The monoisotopic (exact) mass is 412 g/mol. The smallest absolute Gasteiger partial charge is 0.244 e. The highest BCUT2D eigenvalue weighted by Gasteiger charge is 2.12. The van der Waals surface area contributed by atoms with Crippen LogP contribution in [0.1, 0.15) is 16.7 Å². The molecule has 150 valence electrons. The lowest BCUT2D eigenvalue weighted by Crippen LogP contribution is -2.35. The first-order valence-corrected chi connectivity index (χ1v) is 9.38. The summed E-state index contributed by atoms with van der Waals surface area (Å²) in [7, 11) is 0. The molecule has 9 heteroatoms. The summed E-state index contributed by atoms with van der Waals surface area (Å²) >= 11 is 5.96. The summed E-state index contributed by atoms with van der Waals surface area (Å²) in [4.78, 5) is 25.5. The minimum atomic E-state index is -0.396. The number of aromatic nitrogens is 4. The summed E-state index contributed by atoms with van der Waals surface area (Å²) < 4.78 is 0. The first kappa shape index (κ1) is 20.5. The Morgan fingerprint density at radius 1 is 1.07 bits per heavy atom. The zero-order valence-electron chi connectivity index (χ0n) is 16.4. The number of benzene rings is 2. The second-order valence-electron chi connectivity index (χ2n) is 6.75. The van der Waals surface area contributed by atoms with Crippen LogP contribution in [0.4, 0.5) is 5.69 Å². The average molecular weight is 413 g/mol. The van der Waals surface area contributed by atoms with Crippen molar-refractivity contribution in [3.63, 3.8) is 0 Å². The van der Waals surface area contributed by atoms with Crippen LogP contribution >= 0.6 is 11.6 Å². The van der Waals surface area contributed by atoms with Gasteiger partial charge in [-0.2, -0.15) is 4.80 Å².